The predicted molar refractivity (Wildman–Crippen MR) is 89.7 cm³/mol. The van der Waals surface area contributed by atoms with Crippen LogP contribution >= 0.6 is 0 Å². The highest BCUT2D eigenvalue weighted by atomic mass is 16.5. The number of hydrogen-bond donors (Lipinski definition) is 0. The van der Waals surface area contributed by atoms with E-state index in [0.29, 0.717) is 5.88 Å². The van der Waals surface area contributed by atoms with Gasteiger partial charge in [-0.15, -0.1) is 0 Å². The summed E-state index contributed by atoms with van der Waals surface area (Å²) in [6.45, 7) is 5.14. The van der Waals surface area contributed by atoms with Crippen LogP contribution in [0.4, 0.5) is 0 Å². The second-order valence-corrected chi connectivity index (χ2v) is 5.97. The van der Waals surface area contributed by atoms with Gasteiger partial charge in [0.15, 0.2) is 0 Å². The summed E-state index contributed by atoms with van der Waals surface area (Å²) in [6, 6.07) is 8.23. The zero-order valence-electron chi connectivity index (χ0n) is 13.5. The second kappa shape index (κ2) is 5.66. The van der Waals surface area contributed by atoms with Gasteiger partial charge in [-0.05, 0) is 37.2 Å². The summed E-state index contributed by atoms with van der Waals surface area (Å²) in [6.07, 6.45) is 4.60. The number of aromatic nitrogens is 3. The van der Waals surface area contributed by atoms with Crippen molar-refractivity contribution in [3.8, 4) is 11.6 Å². The van der Waals surface area contributed by atoms with Gasteiger partial charge in [0.1, 0.15) is 12.1 Å². The Bertz CT molecular complexity index is 855. The van der Waals surface area contributed by atoms with E-state index in [4.69, 9.17) is 4.74 Å². The Kier molecular flexibility index (Phi) is 3.50. The van der Waals surface area contributed by atoms with Crippen LogP contribution in [-0.2, 0) is 20.0 Å². The average molecular weight is 308 g/mol. The molecule has 0 radical (unpaired) electrons. The highest BCUT2D eigenvalue weighted by Gasteiger charge is 2.21. The van der Waals surface area contributed by atoms with Gasteiger partial charge < -0.3 is 9.30 Å². The number of nitrogens with zero attached hydrogens (tertiary/aromatic N) is 4. The van der Waals surface area contributed by atoms with Crippen LogP contribution in [0.15, 0.2) is 36.8 Å². The summed E-state index contributed by atoms with van der Waals surface area (Å²) in [5.41, 5.74) is 3.43. The van der Waals surface area contributed by atoms with Crippen LogP contribution in [0.5, 0.6) is 11.6 Å². The maximum Gasteiger partial charge on any atom is 0.225 e. The van der Waals surface area contributed by atoms with Gasteiger partial charge in [-0.3, -0.25) is 4.90 Å². The van der Waals surface area contributed by atoms with E-state index in [-0.39, 0.29) is 0 Å². The molecule has 0 atom stereocenters. The number of aryl methyl sites for hydroxylation is 1. The minimum atomic E-state index is 0.695. The molecule has 5 heteroatoms. The lowest BCUT2D eigenvalue weighted by molar-refractivity contribution is 0.260. The Morgan fingerprint density at radius 1 is 1.22 bits per heavy atom. The van der Waals surface area contributed by atoms with Crippen LogP contribution < -0.4 is 4.74 Å². The van der Waals surface area contributed by atoms with Gasteiger partial charge in [-0.2, -0.15) is 0 Å². The Hall–Kier alpha value is -2.40. The standard InChI is InChI=1S/C18H20N4O/c1-3-22-9-7-15-16(11-22)19-12-20-18(15)23-14-4-5-17-13(10-14)6-8-21(17)2/h4-6,8,10,12H,3,7,9,11H2,1-2H3. The highest BCUT2D eigenvalue weighted by Crippen LogP contribution is 2.30. The summed E-state index contributed by atoms with van der Waals surface area (Å²) in [7, 11) is 2.04. The van der Waals surface area contributed by atoms with Crippen molar-refractivity contribution in [2.75, 3.05) is 13.1 Å². The highest BCUT2D eigenvalue weighted by molar-refractivity contribution is 5.81. The Morgan fingerprint density at radius 2 is 2.13 bits per heavy atom. The lowest BCUT2D eigenvalue weighted by Gasteiger charge is -2.27. The lowest BCUT2D eigenvalue weighted by atomic mass is 10.1. The number of hydrogen-bond acceptors (Lipinski definition) is 4. The first kappa shape index (κ1) is 14.2. The Morgan fingerprint density at radius 3 is 3.00 bits per heavy atom. The topological polar surface area (TPSA) is 43.2 Å². The van der Waals surface area contributed by atoms with Gasteiger partial charge in [0.05, 0.1) is 5.69 Å². The normalized spacial score (nSPS) is 14.9. The zero-order valence-corrected chi connectivity index (χ0v) is 13.5. The van der Waals surface area contributed by atoms with E-state index in [1.165, 1.54) is 10.9 Å². The number of ether oxygens (including phenoxy) is 1. The first-order valence-electron chi connectivity index (χ1n) is 8.02. The molecule has 5 nitrogen and oxygen atoms in total. The quantitative estimate of drug-likeness (QED) is 0.745. The lowest BCUT2D eigenvalue weighted by Crippen LogP contribution is -2.31. The largest absolute Gasteiger partial charge is 0.439 e. The third-order valence-corrected chi connectivity index (χ3v) is 4.56. The van der Waals surface area contributed by atoms with Gasteiger partial charge >= 0.3 is 0 Å². The smallest absolute Gasteiger partial charge is 0.225 e. The minimum Gasteiger partial charge on any atom is -0.439 e. The van der Waals surface area contributed by atoms with E-state index in [0.717, 1.165) is 43.1 Å². The maximum atomic E-state index is 6.08. The molecule has 0 unspecified atom stereocenters. The monoisotopic (exact) mass is 308 g/mol. The summed E-state index contributed by atoms with van der Waals surface area (Å²) in [5, 5.41) is 1.17. The molecule has 0 fully saturated rings. The molecule has 0 bridgehead atoms. The number of benzene rings is 1. The van der Waals surface area contributed by atoms with Crippen LogP contribution in [-0.4, -0.2) is 32.5 Å². The summed E-state index contributed by atoms with van der Waals surface area (Å²) >= 11 is 0. The molecule has 1 aliphatic rings. The third-order valence-electron chi connectivity index (χ3n) is 4.56. The molecule has 1 aliphatic heterocycles. The van der Waals surface area contributed by atoms with Gasteiger partial charge in [0, 0.05) is 42.8 Å². The molecule has 0 aliphatic carbocycles. The Balaban J connectivity index is 1.65. The van der Waals surface area contributed by atoms with Crippen LogP contribution in [0.1, 0.15) is 18.2 Å². The van der Waals surface area contributed by atoms with Crippen LogP contribution in [0.25, 0.3) is 10.9 Å². The molecular formula is C18H20N4O. The van der Waals surface area contributed by atoms with Gasteiger partial charge in [0.25, 0.3) is 0 Å². The van der Waals surface area contributed by atoms with Crippen molar-refractivity contribution >= 4 is 10.9 Å². The van der Waals surface area contributed by atoms with Crippen molar-refractivity contribution < 1.29 is 4.74 Å². The van der Waals surface area contributed by atoms with Crippen molar-refractivity contribution in [3.05, 3.63) is 48.0 Å². The number of fused-ring (bicyclic) bond motifs is 2. The summed E-state index contributed by atoms with van der Waals surface area (Å²) < 4.78 is 8.19. The van der Waals surface area contributed by atoms with Crippen molar-refractivity contribution in [1.82, 2.24) is 19.4 Å². The van der Waals surface area contributed by atoms with Crippen molar-refractivity contribution in [2.45, 2.75) is 19.9 Å². The predicted octanol–water partition coefficient (Wildman–Crippen LogP) is 3.14. The SMILES string of the molecule is CCN1CCc2c(ncnc2Oc2ccc3c(ccn3C)c2)C1. The fourth-order valence-electron chi connectivity index (χ4n) is 3.17. The van der Waals surface area contributed by atoms with Crippen molar-refractivity contribution in [3.63, 3.8) is 0 Å². The van der Waals surface area contributed by atoms with Gasteiger partial charge in [-0.25, -0.2) is 9.97 Å². The molecule has 0 amide bonds. The van der Waals surface area contributed by atoms with E-state index in [2.05, 4.69) is 50.8 Å². The molecule has 4 rings (SSSR count). The molecular weight excluding hydrogens is 288 g/mol. The molecule has 1 aromatic carbocycles. The molecule has 0 N–H and O–H groups in total. The van der Waals surface area contributed by atoms with Crippen LogP contribution in [0, 0.1) is 0 Å². The van der Waals surface area contributed by atoms with E-state index in [1.807, 2.05) is 13.1 Å². The van der Waals surface area contributed by atoms with Crippen LogP contribution in [0.2, 0.25) is 0 Å². The molecule has 23 heavy (non-hydrogen) atoms. The summed E-state index contributed by atoms with van der Waals surface area (Å²) in [4.78, 5) is 11.2. The van der Waals surface area contributed by atoms with E-state index < -0.39 is 0 Å². The van der Waals surface area contributed by atoms with E-state index in [9.17, 15) is 0 Å². The molecule has 0 spiro atoms. The molecule has 3 aromatic rings. The van der Waals surface area contributed by atoms with Gasteiger partial charge in [-0.1, -0.05) is 6.92 Å². The zero-order chi connectivity index (χ0) is 15.8. The van der Waals surface area contributed by atoms with Crippen molar-refractivity contribution in [1.29, 1.82) is 0 Å². The second-order valence-electron chi connectivity index (χ2n) is 5.97. The number of likely N-dealkylation sites (N-methyl/N-ethyl adjacent to an activating group) is 1. The third kappa shape index (κ3) is 2.57. The maximum absolute atomic E-state index is 6.08. The molecule has 3 heterocycles. The fraction of sp³-hybridized carbons (Fsp3) is 0.333. The van der Waals surface area contributed by atoms with Crippen molar-refractivity contribution in [2.24, 2.45) is 7.05 Å². The molecule has 118 valence electrons. The summed E-state index contributed by atoms with van der Waals surface area (Å²) in [5.74, 6) is 1.52. The number of rotatable bonds is 3. The fourth-order valence-corrected chi connectivity index (χ4v) is 3.17. The van der Waals surface area contributed by atoms with E-state index in [1.54, 1.807) is 6.33 Å². The molecule has 0 saturated carbocycles. The first-order valence-corrected chi connectivity index (χ1v) is 8.02. The molecule has 2 aromatic heterocycles. The van der Waals surface area contributed by atoms with E-state index >= 15 is 0 Å². The van der Waals surface area contributed by atoms with Crippen LogP contribution in [0.3, 0.4) is 0 Å². The van der Waals surface area contributed by atoms with Gasteiger partial charge in [0.2, 0.25) is 5.88 Å². The minimum absolute atomic E-state index is 0.695. The average Bonchev–Trinajstić information content (AvgIpc) is 2.95. The Labute approximate surface area is 135 Å². The molecule has 0 saturated heterocycles. The first-order chi connectivity index (χ1) is 11.2.